The molecule has 2 aromatic rings. The summed E-state index contributed by atoms with van der Waals surface area (Å²) in [6.45, 7) is 1.92. The van der Waals surface area contributed by atoms with Gasteiger partial charge in [0, 0.05) is 31.2 Å². The maximum atomic E-state index is 12.4. The molecule has 1 saturated heterocycles. The van der Waals surface area contributed by atoms with Crippen LogP contribution < -0.4 is 19.7 Å². The minimum atomic E-state index is -4.40. The van der Waals surface area contributed by atoms with Crippen LogP contribution in [0.3, 0.4) is 0 Å². The first-order chi connectivity index (χ1) is 14.3. The van der Waals surface area contributed by atoms with Crippen molar-refractivity contribution in [2.24, 2.45) is 0 Å². The second-order valence-electron chi connectivity index (χ2n) is 7.23. The fraction of sp³-hybridized carbons (Fsp3) is 0.409. The normalized spacial score (nSPS) is 15.4. The lowest BCUT2D eigenvalue weighted by molar-refractivity contribution is -0.153. The first kappa shape index (κ1) is 22.0. The predicted molar refractivity (Wildman–Crippen MR) is 108 cm³/mol. The van der Waals surface area contributed by atoms with Gasteiger partial charge >= 0.3 is 6.18 Å². The van der Waals surface area contributed by atoms with Crippen molar-refractivity contribution >= 4 is 11.6 Å². The Kier molecular flexibility index (Phi) is 6.87. The van der Waals surface area contributed by atoms with Crippen LogP contribution in [-0.2, 0) is 11.3 Å². The van der Waals surface area contributed by atoms with Crippen molar-refractivity contribution in [1.29, 1.82) is 0 Å². The van der Waals surface area contributed by atoms with Gasteiger partial charge in [-0.3, -0.25) is 4.79 Å². The van der Waals surface area contributed by atoms with Crippen LogP contribution >= 0.6 is 0 Å². The van der Waals surface area contributed by atoms with Gasteiger partial charge in [0.1, 0.15) is 0 Å². The third-order valence-electron chi connectivity index (χ3n) is 5.01. The third kappa shape index (κ3) is 5.66. The van der Waals surface area contributed by atoms with Crippen molar-refractivity contribution in [2.75, 3.05) is 25.2 Å². The number of ether oxygens (including phenoxy) is 2. The van der Waals surface area contributed by atoms with Crippen molar-refractivity contribution in [2.45, 2.75) is 38.5 Å². The summed E-state index contributed by atoms with van der Waals surface area (Å²) in [5.41, 5.74) is 2.84. The molecule has 0 aliphatic carbocycles. The maximum Gasteiger partial charge on any atom is 0.422 e. The number of nitrogens with zero attached hydrogens (tertiary/aromatic N) is 1. The fourth-order valence-corrected chi connectivity index (χ4v) is 3.35. The Morgan fingerprint density at radius 3 is 2.47 bits per heavy atom. The van der Waals surface area contributed by atoms with Crippen LogP contribution in [0, 0.1) is 0 Å². The lowest BCUT2D eigenvalue weighted by Gasteiger charge is -2.19. The van der Waals surface area contributed by atoms with E-state index < -0.39 is 12.8 Å². The Balaban J connectivity index is 1.58. The van der Waals surface area contributed by atoms with E-state index in [9.17, 15) is 18.0 Å². The topological polar surface area (TPSA) is 50.8 Å². The van der Waals surface area contributed by atoms with Crippen LogP contribution in [0.5, 0.6) is 11.5 Å². The molecule has 1 N–H and O–H groups in total. The van der Waals surface area contributed by atoms with Gasteiger partial charge in [-0.15, -0.1) is 0 Å². The standard InChI is InChI=1S/C22H25F3N2O3/c1-15(17-6-8-18(9-7-17)27-11-3-4-21(27)28)26-13-16-5-10-19(20(12-16)29-2)30-14-22(23,24)25/h5-10,12,15,26H,3-4,11,13-14H2,1-2H3. The number of nitrogens with one attached hydrogen (secondary N) is 1. The van der Waals surface area contributed by atoms with E-state index in [1.165, 1.54) is 13.2 Å². The summed E-state index contributed by atoms with van der Waals surface area (Å²) in [5.74, 6) is 0.468. The number of benzene rings is 2. The van der Waals surface area contributed by atoms with Gasteiger partial charge in [-0.2, -0.15) is 13.2 Å². The molecule has 1 fully saturated rings. The molecule has 1 aliphatic heterocycles. The largest absolute Gasteiger partial charge is 0.493 e. The number of carbonyl (C=O) groups excluding carboxylic acids is 1. The smallest absolute Gasteiger partial charge is 0.422 e. The highest BCUT2D eigenvalue weighted by atomic mass is 19.4. The van der Waals surface area contributed by atoms with Gasteiger partial charge in [0.05, 0.1) is 7.11 Å². The Bertz CT molecular complexity index is 869. The number of amides is 1. The number of hydrogen-bond acceptors (Lipinski definition) is 4. The fourth-order valence-electron chi connectivity index (χ4n) is 3.35. The maximum absolute atomic E-state index is 12.4. The molecule has 2 aromatic carbocycles. The molecule has 1 amide bonds. The van der Waals surface area contributed by atoms with Crippen LogP contribution in [0.2, 0.25) is 0 Å². The monoisotopic (exact) mass is 422 g/mol. The van der Waals surface area contributed by atoms with Gasteiger partial charge in [-0.25, -0.2) is 0 Å². The summed E-state index contributed by atoms with van der Waals surface area (Å²) in [5, 5.41) is 3.38. The van der Waals surface area contributed by atoms with Crippen molar-refractivity contribution in [1.82, 2.24) is 5.32 Å². The molecule has 5 nitrogen and oxygen atoms in total. The molecule has 1 atom stereocenters. The highest BCUT2D eigenvalue weighted by molar-refractivity contribution is 5.95. The molecular weight excluding hydrogens is 397 g/mol. The molecule has 162 valence electrons. The molecule has 0 radical (unpaired) electrons. The number of alkyl halides is 3. The van der Waals surface area contributed by atoms with E-state index in [0.717, 1.165) is 29.8 Å². The molecule has 30 heavy (non-hydrogen) atoms. The molecule has 8 heteroatoms. The van der Waals surface area contributed by atoms with Crippen molar-refractivity contribution in [3.8, 4) is 11.5 Å². The van der Waals surface area contributed by atoms with Crippen molar-refractivity contribution in [3.63, 3.8) is 0 Å². The second-order valence-corrected chi connectivity index (χ2v) is 7.23. The Labute approximate surface area is 173 Å². The average Bonchev–Trinajstić information content (AvgIpc) is 3.16. The zero-order chi connectivity index (χ0) is 21.7. The summed E-state index contributed by atoms with van der Waals surface area (Å²) in [7, 11) is 1.39. The Hall–Kier alpha value is -2.74. The van der Waals surface area contributed by atoms with Crippen LogP contribution in [0.4, 0.5) is 18.9 Å². The molecule has 3 rings (SSSR count). The van der Waals surface area contributed by atoms with Gasteiger partial charge in [0.15, 0.2) is 18.1 Å². The van der Waals surface area contributed by atoms with Gasteiger partial charge in [0.25, 0.3) is 0 Å². The number of halogens is 3. The Morgan fingerprint density at radius 2 is 1.87 bits per heavy atom. The van der Waals surface area contributed by atoms with Crippen LogP contribution in [-0.4, -0.2) is 32.3 Å². The van der Waals surface area contributed by atoms with E-state index in [0.29, 0.717) is 13.0 Å². The quantitative estimate of drug-likeness (QED) is 0.675. The molecular formula is C22H25F3N2O3. The van der Waals surface area contributed by atoms with E-state index in [-0.39, 0.29) is 23.4 Å². The van der Waals surface area contributed by atoms with Crippen molar-refractivity contribution < 1.29 is 27.4 Å². The summed E-state index contributed by atoms with van der Waals surface area (Å²) in [6, 6.07) is 12.8. The lowest BCUT2D eigenvalue weighted by Crippen LogP contribution is -2.23. The van der Waals surface area contributed by atoms with Crippen LogP contribution in [0.25, 0.3) is 0 Å². The van der Waals surface area contributed by atoms with E-state index >= 15 is 0 Å². The third-order valence-corrected chi connectivity index (χ3v) is 5.01. The summed E-state index contributed by atoms with van der Waals surface area (Å²) >= 11 is 0. The number of carbonyl (C=O) groups is 1. The lowest BCUT2D eigenvalue weighted by atomic mass is 10.1. The molecule has 1 heterocycles. The first-order valence-electron chi connectivity index (χ1n) is 9.77. The predicted octanol–water partition coefficient (Wildman–Crippen LogP) is 4.61. The van der Waals surface area contributed by atoms with E-state index in [1.54, 1.807) is 17.0 Å². The molecule has 0 aromatic heterocycles. The number of hydrogen-bond donors (Lipinski definition) is 1. The summed E-state index contributed by atoms with van der Waals surface area (Å²) in [6.07, 6.45) is -2.91. The summed E-state index contributed by atoms with van der Waals surface area (Å²) in [4.78, 5) is 13.7. The zero-order valence-electron chi connectivity index (χ0n) is 17.0. The molecule has 1 unspecified atom stereocenters. The number of rotatable bonds is 8. The van der Waals surface area contributed by atoms with E-state index in [1.807, 2.05) is 31.2 Å². The van der Waals surface area contributed by atoms with Gasteiger partial charge in [0.2, 0.25) is 5.91 Å². The summed E-state index contributed by atoms with van der Waals surface area (Å²) < 4.78 is 47.1. The number of methoxy groups -OCH3 is 1. The van der Waals surface area contributed by atoms with Crippen LogP contribution in [0.1, 0.15) is 36.9 Å². The molecule has 0 bridgehead atoms. The SMILES string of the molecule is COc1cc(CNC(C)c2ccc(N3CCCC3=O)cc2)ccc1OCC(F)(F)F. The molecule has 0 saturated carbocycles. The van der Waals surface area contributed by atoms with Gasteiger partial charge in [-0.1, -0.05) is 18.2 Å². The highest BCUT2D eigenvalue weighted by Gasteiger charge is 2.29. The zero-order valence-corrected chi connectivity index (χ0v) is 17.0. The van der Waals surface area contributed by atoms with E-state index in [4.69, 9.17) is 9.47 Å². The van der Waals surface area contributed by atoms with Crippen LogP contribution in [0.15, 0.2) is 42.5 Å². The molecule has 1 aliphatic rings. The van der Waals surface area contributed by atoms with Gasteiger partial charge < -0.3 is 19.7 Å². The first-order valence-corrected chi connectivity index (χ1v) is 9.77. The molecule has 0 spiro atoms. The van der Waals surface area contributed by atoms with Crippen molar-refractivity contribution in [3.05, 3.63) is 53.6 Å². The minimum absolute atomic E-state index is 0.0421. The minimum Gasteiger partial charge on any atom is -0.493 e. The average molecular weight is 422 g/mol. The second kappa shape index (κ2) is 9.38. The highest BCUT2D eigenvalue weighted by Crippen LogP contribution is 2.30. The van der Waals surface area contributed by atoms with Gasteiger partial charge in [-0.05, 0) is 48.7 Å². The van der Waals surface area contributed by atoms with E-state index in [2.05, 4.69) is 5.32 Å². The number of anilines is 1. The Morgan fingerprint density at radius 1 is 1.13 bits per heavy atom.